The highest BCUT2D eigenvalue weighted by molar-refractivity contribution is 7.17. The maximum absolute atomic E-state index is 14.9. The molecule has 174 valence electrons. The molecule has 1 aliphatic heterocycles. The fourth-order valence-corrected chi connectivity index (χ4v) is 4.67. The molecule has 1 saturated heterocycles. The summed E-state index contributed by atoms with van der Waals surface area (Å²) >= 11 is 13.0. The van der Waals surface area contributed by atoms with Crippen molar-refractivity contribution in [2.24, 2.45) is 0 Å². The Morgan fingerprint density at radius 1 is 1.31 bits per heavy atom. The van der Waals surface area contributed by atoms with E-state index in [1.165, 1.54) is 7.05 Å². The van der Waals surface area contributed by atoms with Crippen molar-refractivity contribution < 1.29 is 23.5 Å². The fraction of sp³-hybridized carbons (Fsp3) is 0.474. The number of ether oxygens (including phenoxy) is 1. The number of aromatic nitrogens is 2. The van der Waals surface area contributed by atoms with E-state index in [9.17, 15) is 18.8 Å². The highest BCUT2D eigenvalue weighted by atomic mass is 35.5. The Morgan fingerprint density at radius 2 is 2.03 bits per heavy atom. The number of H-pyrrole nitrogens is 1. The molecule has 0 radical (unpaired) electrons. The van der Waals surface area contributed by atoms with Gasteiger partial charge in [0, 0.05) is 19.3 Å². The van der Waals surface area contributed by atoms with Crippen molar-refractivity contribution >= 4 is 57.5 Å². The molecule has 2 amide bonds. The van der Waals surface area contributed by atoms with E-state index in [4.69, 9.17) is 27.9 Å². The van der Waals surface area contributed by atoms with E-state index in [0.717, 1.165) is 11.3 Å². The van der Waals surface area contributed by atoms with Crippen LogP contribution in [0.15, 0.2) is 0 Å². The van der Waals surface area contributed by atoms with Crippen LogP contribution >= 0.6 is 34.5 Å². The quantitative estimate of drug-likeness (QED) is 0.519. The van der Waals surface area contributed by atoms with Crippen LogP contribution < -0.4 is 15.5 Å². The van der Waals surface area contributed by atoms with Crippen LogP contribution in [0.2, 0.25) is 10.0 Å². The first kappa shape index (κ1) is 24.3. The van der Waals surface area contributed by atoms with Crippen LogP contribution in [0.3, 0.4) is 0 Å². The molecule has 2 atom stereocenters. The second kappa shape index (κ2) is 10.1. The zero-order chi connectivity index (χ0) is 23.6. The average Bonchev–Trinajstić information content (AvgIpc) is 3.32. The Kier molecular flexibility index (Phi) is 7.63. The second-order valence-corrected chi connectivity index (χ2v) is 8.79. The topological polar surface area (TPSA) is 116 Å². The zero-order valence-electron chi connectivity index (χ0n) is 17.6. The normalized spacial score (nSPS) is 18.4. The summed E-state index contributed by atoms with van der Waals surface area (Å²) in [4.78, 5) is 45.6. The number of carbonyl (C=O) groups is 3. The van der Waals surface area contributed by atoms with Crippen molar-refractivity contribution in [2.45, 2.75) is 32.5 Å². The summed E-state index contributed by atoms with van der Waals surface area (Å²) < 4.78 is 19.9. The lowest BCUT2D eigenvalue weighted by Crippen LogP contribution is -2.52. The SMILES string of the molecule is CCOC(=O)c1sc(N2CC[C@@H](NC(=O)c3[nH]c(C)c(Cl)c3Cl)[C@@H](F)C2)nc1C(=O)NC. The van der Waals surface area contributed by atoms with E-state index in [-0.39, 0.29) is 45.9 Å². The van der Waals surface area contributed by atoms with Crippen LogP contribution in [-0.4, -0.2) is 66.7 Å². The number of halogens is 3. The van der Waals surface area contributed by atoms with Crippen molar-refractivity contribution in [1.29, 1.82) is 0 Å². The predicted molar refractivity (Wildman–Crippen MR) is 120 cm³/mol. The lowest BCUT2D eigenvalue weighted by Gasteiger charge is -2.34. The number of aromatic amines is 1. The first-order chi connectivity index (χ1) is 15.2. The number of hydrogen-bond acceptors (Lipinski definition) is 7. The summed E-state index contributed by atoms with van der Waals surface area (Å²) in [5, 5.41) is 5.74. The molecule has 9 nitrogen and oxygen atoms in total. The largest absolute Gasteiger partial charge is 0.462 e. The van der Waals surface area contributed by atoms with Gasteiger partial charge in [-0.2, -0.15) is 0 Å². The Labute approximate surface area is 197 Å². The lowest BCUT2D eigenvalue weighted by atomic mass is 10.0. The van der Waals surface area contributed by atoms with Crippen LogP contribution in [0.5, 0.6) is 0 Å². The van der Waals surface area contributed by atoms with Crippen LogP contribution in [0.25, 0.3) is 0 Å². The van der Waals surface area contributed by atoms with Crippen molar-refractivity contribution in [2.75, 3.05) is 31.6 Å². The molecule has 0 bridgehead atoms. The molecule has 0 aliphatic carbocycles. The molecule has 2 aromatic heterocycles. The number of carbonyl (C=O) groups excluding carboxylic acids is 3. The molecule has 0 aromatic carbocycles. The maximum atomic E-state index is 14.9. The minimum absolute atomic E-state index is 0.0562. The van der Waals surface area contributed by atoms with Gasteiger partial charge in [-0.05, 0) is 20.3 Å². The lowest BCUT2D eigenvalue weighted by molar-refractivity contribution is 0.0528. The number of hydrogen-bond donors (Lipinski definition) is 3. The van der Waals surface area contributed by atoms with E-state index in [0.29, 0.717) is 17.4 Å². The van der Waals surface area contributed by atoms with Crippen LogP contribution in [-0.2, 0) is 4.74 Å². The van der Waals surface area contributed by atoms with E-state index < -0.39 is 30.0 Å². The summed E-state index contributed by atoms with van der Waals surface area (Å²) in [6.07, 6.45) is -1.14. The minimum atomic E-state index is -1.42. The average molecular weight is 506 g/mol. The number of rotatable bonds is 6. The molecule has 0 saturated carbocycles. The monoisotopic (exact) mass is 505 g/mol. The zero-order valence-corrected chi connectivity index (χ0v) is 19.9. The van der Waals surface area contributed by atoms with Crippen molar-refractivity contribution in [1.82, 2.24) is 20.6 Å². The molecule has 2 aromatic rings. The molecule has 1 fully saturated rings. The van der Waals surface area contributed by atoms with E-state index in [2.05, 4.69) is 20.6 Å². The molecule has 13 heteroatoms. The number of nitrogens with one attached hydrogen (secondary N) is 3. The summed E-state index contributed by atoms with van der Waals surface area (Å²) in [6.45, 7) is 3.75. The smallest absolute Gasteiger partial charge is 0.350 e. The summed E-state index contributed by atoms with van der Waals surface area (Å²) in [5.74, 6) is -1.75. The van der Waals surface area contributed by atoms with E-state index in [1.807, 2.05) is 0 Å². The number of aryl methyl sites for hydroxylation is 1. The third-order valence-corrected chi connectivity index (χ3v) is 6.97. The van der Waals surface area contributed by atoms with Crippen LogP contribution in [0.1, 0.15) is 49.7 Å². The Hall–Kier alpha value is -2.37. The van der Waals surface area contributed by atoms with Crippen LogP contribution in [0, 0.1) is 6.92 Å². The standard InChI is InChI=1S/C19H22Cl2FN5O4S/c1-4-31-18(30)15-14(16(28)23-3)26-19(32-15)27-6-5-10(9(22)7-27)25-17(29)13-12(21)11(20)8(2)24-13/h9-10,24H,4-7H2,1-3H3,(H,23,28)(H,25,29)/t9-,10+/m0/s1. The van der Waals surface area contributed by atoms with Crippen molar-refractivity contribution in [3.8, 4) is 0 Å². The molecule has 3 rings (SSSR count). The van der Waals surface area contributed by atoms with Gasteiger partial charge in [0.1, 0.15) is 16.7 Å². The second-order valence-electron chi connectivity index (χ2n) is 7.06. The van der Waals surface area contributed by atoms with Gasteiger partial charge in [0.05, 0.1) is 29.2 Å². The maximum Gasteiger partial charge on any atom is 0.350 e. The highest BCUT2D eigenvalue weighted by Crippen LogP contribution is 2.31. The molecule has 0 unspecified atom stereocenters. The first-order valence-electron chi connectivity index (χ1n) is 9.81. The molecular weight excluding hydrogens is 484 g/mol. The van der Waals surface area contributed by atoms with Gasteiger partial charge >= 0.3 is 5.97 Å². The van der Waals surface area contributed by atoms with E-state index >= 15 is 0 Å². The number of amides is 2. The van der Waals surface area contributed by atoms with Crippen LogP contribution in [0.4, 0.5) is 9.52 Å². The highest BCUT2D eigenvalue weighted by Gasteiger charge is 2.34. The summed E-state index contributed by atoms with van der Waals surface area (Å²) in [5.41, 5.74) is 0.560. The number of nitrogens with zero attached hydrogens (tertiary/aromatic N) is 2. The Morgan fingerprint density at radius 3 is 2.59 bits per heavy atom. The van der Waals surface area contributed by atoms with Gasteiger partial charge in [-0.1, -0.05) is 34.5 Å². The molecule has 32 heavy (non-hydrogen) atoms. The minimum Gasteiger partial charge on any atom is -0.462 e. The molecule has 1 aliphatic rings. The molecule has 3 heterocycles. The fourth-order valence-electron chi connectivity index (χ4n) is 3.26. The van der Waals surface area contributed by atoms with Crippen molar-refractivity contribution in [3.05, 3.63) is 32.0 Å². The van der Waals surface area contributed by atoms with Gasteiger partial charge in [-0.25, -0.2) is 14.2 Å². The molecular formula is C19H22Cl2FN5O4S. The molecule has 0 spiro atoms. The van der Waals surface area contributed by atoms with Gasteiger partial charge in [0.15, 0.2) is 10.8 Å². The first-order valence-corrected chi connectivity index (χ1v) is 11.4. The van der Waals surface area contributed by atoms with Crippen molar-refractivity contribution in [3.63, 3.8) is 0 Å². The van der Waals surface area contributed by atoms with Gasteiger partial charge < -0.3 is 25.3 Å². The van der Waals surface area contributed by atoms with Gasteiger partial charge in [0.25, 0.3) is 11.8 Å². The number of piperidine rings is 1. The number of anilines is 1. The summed E-state index contributed by atoms with van der Waals surface area (Å²) in [7, 11) is 1.42. The number of thiazole rings is 1. The van der Waals surface area contributed by atoms with Gasteiger partial charge in [0.2, 0.25) is 0 Å². The van der Waals surface area contributed by atoms with Gasteiger partial charge in [-0.3, -0.25) is 9.59 Å². The third kappa shape index (κ3) is 4.84. The summed E-state index contributed by atoms with van der Waals surface area (Å²) in [6, 6.07) is -0.750. The Balaban J connectivity index is 1.72. The number of alkyl halides is 1. The molecule has 3 N–H and O–H groups in total. The number of esters is 1. The Bertz CT molecular complexity index is 1040. The predicted octanol–water partition coefficient (Wildman–Crippen LogP) is 2.97. The van der Waals surface area contributed by atoms with E-state index in [1.54, 1.807) is 18.7 Å². The third-order valence-electron chi connectivity index (χ3n) is 4.93. The van der Waals surface area contributed by atoms with Gasteiger partial charge in [-0.15, -0.1) is 0 Å².